The average molecular weight is 533 g/mol. The van der Waals surface area contributed by atoms with Crippen LogP contribution < -0.4 is 0 Å². The molecular weight excluding hydrogens is 488 g/mol. The van der Waals surface area contributed by atoms with Crippen LogP contribution in [-0.2, 0) is 28.6 Å². The predicted octanol–water partition coefficient (Wildman–Crippen LogP) is 3.82. The molecule has 0 aromatic heterocycles. The molecule has 4 aliphatic rings. The topological polar surface area (TPSA) is 119 Å². The average Bonchev–Trinajstić information content (AvgIpc) is 2.81. The van der Waals surface area contributed by atoms with Crippen LogP contribution in [0.4, 0.5) is 0 Å². The Morgan fingerprint density at radius 3 is 2.45 bits per heavy atom. The maximum atomic E-state index is 13.8. The Morgan fingerprint density at radius 1 is 1.21 bits per heavy atom. The van der Waals surface area contributed by atoms with Gasteiger partial charge in [0.05, 0.1) is 29.5 Å². The van der Waals surface area contributed by atoms with Crippen LogP contribution in [0.1, 0.15) is 87.5 Å². The number of hydrogen-bond donors (Lipinski definition) is 2. The summed E-state index contributed by atoms with van der Waals surface area (Å²) in [7, 11) is 0. The molecule has 2 fully saturated rings. The molecule has 212 valence electrons. The second kappa shape index (κ2) is 9.86. The van der Waals surface area contributed by atoms with E-state index in [1.54, 1.807) is 20.8 Å². The van der Waals surface area contributed by atoms with Crippen molar-refractivity contribution in [2.24, 2.45) is 23.2 Å². The molecule has 38 heavy (non-hydrogen) atoms. The van der Waals surface area contributed by atoms with Crippen molar-refractivity contribution in [3.8, 4) is 0 Å². The van der Waals surface area contributed by atoms with E-state index in [2.05, 4.69) is 6.92 Å². The number of carbonyl (C=O) groups excluding carboxylic acids is 3. The predicted molar refractivity (Wildman–Crippen MR) is 140 cm³/mol. The lowest BCUT2D eigenvalue weighted by molar-refractivity contribution is -0.260. The van der Waals surface area contributed by atoms with E-state index in [9.17, 15) is 24.6 Å². The van der Waals surface area contributed by atoms with Gasteiger partial charge in [0.1, 0.15) is 11.7 Å². The zero-order valence-corrected chi connectivity index (χ0v) is 24.0. The Labute approximate surface area is 225 Å². The minimum Gasteiger partial charge on any atom is -0.482 e. The van der Waals surface area contributed by atoms with Crippen molar-refractivity contribution in [1.29, 1.82) is 0 Å². The number of hydrogen-bond acceptors (Lipinski definition) is 8. The first-order valence-corrected chi connectivity index (χ1v) is 14.0. The lowest BCUT2D eigenvalue weighted by Crippen LogP contribution is -2.66. The van der Waals surface area contributed by atoms with Crippen LogP contribution in [0.5, 0.6) is 0 Å². The van der Waals surface area contributed by atoms with Crippen molar-refractivity contribution >= 4 is 17.5 Å². The third-order valence-electron chi connectivity index (χ3n) is 9.77. The van der Waals surface area contributed by atoms with Gasteiger partial charge in [-0.2, -0.15) is 0 Å². The number of allylic oxidation sites excluding steroid dienone is 2. The van der Waals surface area contributed by atoms with E-state index in [0.717, 1.165) is 6.42 Å². The standard InChI is InChI=1S/C30H44O8/c1-9-15(2)25(36-17(4)31)16(3)18-14-19(32)22-24(34)27-29(7)12-10-20(28(5,6)35)37-21(29)11-13-30(27,8)38-26(22)23(18)33/h14-16,20-21,24-25,27,34-35H,9-13H2,1-8H3/t15-,16-,20+,21+,24+,25-,27+,29-,30+/m0/s1. The fourth-order valence-electron chi connectivity index (χ4n) is 7.46. The molecule has 2 heterocycles. The van der Waals surface area contributed by atoms with E-state index in [4.69, 9.17) is 14.2 Å². The lowest BCUT2D eigenvalue weighted by atomic mass is 9.52. The minimum atomic E-state index is -1.19. The second-order valence-corrected chi connectivity index (χ2v) is 13.0. The Balaban J connectivity index is 1.67. The van der Waals surface area contributed by atoms with E-state index in [1.807, 2.05) is 20.8 Å². The van der Waals surface area contributed by atoms with E-state index in [0.29, 0.717) is 25.7 Å². The van der Waals surface area contributed by atoms with E-state index >= 15 is 0 Å². The summed E-state index contributed by atoms with van der Waals surface area (Å²) in [5, 5.41) is 22.3. The molecule has 0 amide bonds. The van der Waals surface area contributed by atoms with Gasteiger partial charge in [0.2, 0.25) is 5.78 Å². The van der Waals surface area contributed by atoms with Gasteiger partial charge in [-0.1, -0.05) is 34.1 Å². The summed E-state index contributed by atoms with van der Waals surface area (Å²) in [6.07, 6.45) is 2.21. The highest BCUT2D eigenvalue weighted by Crippen LogP contribution is 2.59. The lowest BCUT2D eigenvalue weighted by Gasteiger charge is -2.61. The van der Waals surface area contributed by atoms with E-state index < -0.39 is 58.2 Å². The van der Waals surface area contributed by atoms with Crippen LogP contribution in [-0.4, -0.2) is 63.4 Å². The maximum absolute atomic E-state index is 13.8. The van der Waals surface area contributed by atoms with Crippen LogP contribution in [0.15, 0.2) is 23.0 Å². The van der Waals surface area contributed by atoms with Crippen LogP contribution >= 0.6 is 0 Å². The Kier molecular flexibility index (Phi) is 7.52. The maximum Gasteiger partial charge on any atom is 0.302 e. The molecule has 0 radical (unpaired) electrons. The second-order valence-electron chi connectivity index (χ2n) is 13.0. The van der Waals surface area contributed by atoms with Crippen LogP contribution in [0.25, 0.3) is 0 Å². The molecule has 0 bridgehead atoms. The molecule has 8 nitrogen and oxygen atoms in total. The number of ketones is 2. The number of aliphatic hydroxyl groups is 2. The smallest absolute Gasteiger partial charge is 0.302 e. The van der Waals surface area contributed by atoms with Gasteiger partial charge in [-0.3, -0.25) is 14.4 Å². The highest BCUT2D eigenvalue weighted by Gasteiger charge is 2.64. The van der Waals surface area contributed by atoms with Gasteiger partial charge in [-0.25, -0.2) is 0 Å². The summed E-state index contributed by atoms with van der Waals surface area (Å²) in [4.78, 5) is 39.1. The largest absolute Gasteiger partial charge is 0.482 e. The highest BCUT2D eigenvalue weighted by atomic mass is 16.5. The summed E-state index contributed by atoms with van der Waals surface area (Å²) in [6.45, 7) is 14.5. The Hall–Kier alpha value is -2.03. The molecule has 9 atom stereocenters. The molecule has 4 rings (SSSR count). The van der Waals surface area contributed by atoms with Crippen LogP contribution in [0.3, 0.4) is 0 Å². The molecule has 1 saturated heterocycles. The molecule has 0 spiro atoms. The summed E-state index contributed by atoms with van der Waals surface area (Å²) >= 11 is 0. The highest BCUT2D eigenvalue weighted by molar-refractivity contribution is 6.22. The summed E-state index contributed by atoms with van der Waals surface area (Å²) in [6, 6.07) is 0. The molecular formula is C30H44O8. The summed E-state index contributed by atoms with van der Waals surface area (Å²) in [5.41, 5.74) is -2.12. The van der Waals surface area contributed by atoms with Gasteiger partial charge in [0.25, 0.3) is 0 Å². The molecule has 0 aromatic carbocycles. The number of Topliss-reactive ketones (excluding diaryl/α,β-unsaturated/α-hetero) is 1. The molecule has 0 unspecified atom stereocenters. The zero-order chi connectivity index (χ0) is 28.4. The Morgan fingerprint density at radius 2 is 1.87 bits per heavy atom. The third-order valence-corrected chi connectivity index (χ3v) is 9.77. The monoisotopic (exact) mass is 532 g/mol. The normalized spacial score (nSPS) is 37.7. The summed E-state index contributed by atoms with van der Waals surface area (Å²) in [5.74, 6) is -2.41. The van der Waals surface area contributed by atoms with Gasteiger partial charge in [-0.15, -0.1) is 0 Å². The SMILES string of the molecule is CC[C@H](C)[C@H](OC(C)=O)[C@@H](C)C1=CC(=O)C2=C(O[C@]3(C)CC[C@H]4O[C@@H](C(C)(C)O)CC[C@]4(C)[C@H]3[C@@H]2O)C1=O. The van der Waals surface area contributed by atoms with Gasteiger partial charge in [0, 0.05) is 29.7 Å². The van der Waals surface area contributed by atoms with Gasteiger partial charge >= 0.3 is 5.97 Å². The van der Waals surface area contributed by atoms with E-state index in [1.165, 1.54) is 13.0 Å². The molecule has 2 N–H and O–H groups in total. The molecule has 8 heteroatoms. The van der Waals surface area contributed by atoms with Gasteiger partial charge < -0.3 is 24.4 Å². The number of carbonyl (C=O) groups is 3. The number of fused-ring (bicyclic) bond motifs is 3. The van der Waals surface area contributed by atoms with Crippen LogP contribution in [0.2, 0.25) is 0 Å². The van der Waals surface area contributed by atoms with Gasteiger partial charge in [-0.05, 0) is 58.4 Å². The van der Waals surface area contributed by atoms with E-state index in [-0.39, 0.29) is 35.0 Å². The van der Waals surface area contributed by atoms with Crippen LogP contribution in [0, 0.1) is 23.2 Å². The fourth-order valence-corrected chi connectivity index (χ4v) is 7.46. The van der Waals surface area contributed by atoms with Crippen molar-refractivity contribution in [3.63, 3.8) is 0 Å². The van der Waals surface area contributed by atoms with Crippen molar-refractivity contribution in [2.45, 2.75) is 123 Å². The van der Waals surface area contributed by atoms with Crippen molar-refractivity contribution in [2.75, 3.05) is 0 Å². The molecule has 0 aromatic rings. The molecule has 2 aliphatic carbocycles. The molecule has 1 saturated carbocycles. The van der Waals surface area contributed by atoms with Gasteiger partial charge in [0.15, 0.2) is 11.5 Å². The minimum absolute atomic E-state index is 0.00693. The fraction of sp³-hybridized carbons (Fsp3) is 0.767. The molecule has 2 aliphatic heterocycles. The number of rotatable bonds is 6. The number of esters is 1. The third kappa shape index (κ3) is 4.66. The number of ether oxygens (including phenoxy) is 3. The summed E-state index contributed by atoms with van der Waals surface area (Å²) < 4.78 is 18.4. The quantitative estimate of drug-likeness (QED) is 0.391. The first-order valence-electron chi connectivity index (χ1n) is 14.0. The Bertz CT molecular complexity index is 1070. The first-order chi connectivity index (χ1) is 17.5. The van der Waals surface area contributed by atoms with Crippen molar-refractivity contribution < 1.29 is 38.8 Å². The van der Waals surface area contributed by atoms with Crippen molar-refractivity contribution in [3.05, 3.63) is 23.0 Å². The van der Waals surface area contributed by atoms with Crippen molar-refractivity contribution in [1.82, 2.24) is 0 Å². The first kappa shape index (κ1) is 29.0. The zero-order valence-electron chi connectivity index (χ0n) is 24.0. The number of aliphatic hydroxyl groups excluding tert-OH is 1.